The van der Waals surface area contributed by atoms with Crippen LogP contribution in [0.1, 0.15) is 26.2 Å². The van der Waals surface area contributed by atoms with Gasteiger partial charge in [0.2, 0.25) is 5.91 Å². The number of aromatic nitrogens is 2. The van der Waals surface area contributed by atoms with Gasteiger partial charge in [0.15, 0.2) is 0 Å². The van der Waals surface area contributed by atoms with Gasteiger partial charge < -0.3 is 9.64 Å². The number of pyridine rings is 2. The smallest absolute Gasteiger partial charge is 0.222 e. The van der Waals surface area contributed by atoms with E-state index >= 15 is 0 Å². The van der Waals surface area contributed by atoms with Crippen LogP contribution in [0.15, 0.2) is 54.9 Å². The van der Waals surface area contributed by atoms with Crippen LogP contribution in [0, 0.1) is 0 Å². The number of rotatable bonds is 4. The molecule has 27 heavy (non-hydrogen) atoms. The zero-order chi connectivity index (χ0) is 18.6. The Morgan fingerprint density at radius 1 is 1.15 bits per heavy atom. The van der Waals surface area contributed by atoms with Gasteiger partial charge >= 0.3 is 0 Å². The largest absolute Gasteiger partial charge is 0.489 e. The maximum absolute atomic E-state index is 11.8. The molecule has 5 nitrogen and oxygen atoms in total. The molecule has 3 aromatic rings. The molecule has 0 atom stereocenters. The third kappa shape index (κ3) is 3.92. The first-order chi connectivity index (χ1) is 13.2. The van der Waals surface area contributed by atoms with E-state index in [-0.39, 0.29) is 12.0 Å². The molecular formula is C22H23N3O2. The fourth-order valence-electron chi connectivity index (χ4n) is 3.49. The van der Waals surface area contributed by atoms with Gasteiger partial charge in [0.1, 0.15) is 11.9 Å². The zero-order valence-corrected chi connectivity index (χ0v) is 15.5. The van der Waals surface area contributed by atoms with Crippen molar-refractivity contribution < 1.29 is 9.53 Å². The average Bonchev–Trinajstić information content (AvgIpc) is 2.74. The number of hydrogen-bond donors (Lipinski definition) is 0. The zero-order valence-electron chi connectivity index (χ0n) is 15.5. The SMILES string of the molecule is CCC(=O)N1CCC(Oc2ccc(-c3ccc4cccnc4c3)nc2)CC1. The Labute approximate surface area is 159 Å². The number of fused-ring (bicyclic) bond motifs is 1. The predicted octanol–water partition coefficient (Wildman–Crippen LogP) is 4.08. The van der Waals surface area contributed by atoms with Crippen molar-refractivity contribution in [3.63, 3.8) is 0 Å². The number of carbonyl (C=O) groups is 1. The molecule has 0 N–H and O–H groups in total. The summed E-state index contributed by atoms with van der Waals surface area (Å²) >= 11 is 0. The number of benzene rings is 1. The van der Waals surface area contributed by atoms with Crippen molar-refractivity contribution in [2.24, 2.45) is 0 Å². The lowest BCUT2D eigenvalue weighted by molar-refractivity contribution is -0.132. The lowest BCUT2D eigenvalue weighted by atomic mass is 10.1. The maximum atomic E-state index is 11.8. The van der Waals surface area contributed by atoms with E-state index in [2.05, 4.69) is 34.2 Å². The third-order valence-electron chi connectivity index (χ3n) is 5.04. The van der Waals surface area contributed by atoms with Gasteiger partial charge in [0.05, 0.1) is 17.4 Å². The van der Waals surface area contributed by atoms with Crippen LogP contribution >= 0.6 is 0 Å². The number of amides is 1. The quantitative estimate of drug-likeness (QED) is 0.703. The summed E-state index contributed by atoms with van der Waals surface area (Å²) in [5.41, 5.74) is 2.91. The van der Waals surface area contributed by atoms with Crippen LogP contribution < -0.4 is 4.74 Å². The van der Waals surface area contributed by atoms with Crippen LogP contribution in [0.3, 0.4) is 0 Å². The highest BCUT2D eigenvalue weighted by Crippen LogP contribution is 2.24. The molecule has 0 saturated carbocycles. The first-order valence-electron chi connectivity index (χ1n) is 9.48. The molecule has 2 aromatic heterocycles. The van der Waals surface area contributed by atoms with Gasteiger partial charge in [0, 0.05) is 49.5 Å². The Balaban J connectivity index is 1.41. The molecule has 138 valence electrons. The van der Waals surface area contributed by atoms with E-state index in [0.717, 1.165) is 53.8 Å². The summed E-state index contributed by atoms with van der Waals surface area (Å²) in [5.74, 6) is 1.00. The Bertz CT molecular complexity index is 932. The van der Waals surface area contributed by atoms with Gasteiger partial charge in [-0.2, -0.15) is 0 Å². The van der Waals surface area contributed by atoms with E-state index in [1.807, 2.05) is 30.0 Å². The summed E-state index contributed by atoms with van der Waals surface area (Å²) in [7, 11) is 0. The monoisotopic (exact) mass is 361 g/mol. The van der Waals surface area contributed by atoms with Gasteiger partial charge in [-0.05, 0) is 24.3 Å². The molecule has 0 unspecified atom stereocenters. The van der Waals surface area contributed by atoms with Crippen molar-refractivity contribution in [3.05, 3.63) is 54.9 Å². The molecule has 1 saturated heterocycles. The van der Waals surface area contributed by atoms with Crippen molar-refractivity contribution in [1.82, 2.24) is 14.9 Å². The minimum atomic E-state index is 0.142. The van der Waals surface area contributed by atoms with Crippen LogP contribution in [0.4, 0.5) is 0 Å². The molecule has 4 rings (SSSR count). The highest BCUT2D eigenvalue weighted by Gasteiger charge is 2.23. The highest BCUT2D eigenvalue weighted by atomic mass is 16.5. The van der Waals surface area contributed by atoms with Crippen molar-refractivity contribution in [2.45, 2.75) is 32.3 Å². The normalized spacial score (nSPS) is 15.1. The maximum Gasteiger partial charge on any atom is 0.222 e. The van der Waals surface area contributed by atoms with Gasteiger partial charge in [-0.3, -0.25) is 14.8 Å². The Morgan fingerprint density at radius 3 is 2.74 bits per heavy atom. The number of ether oxygens (including phenoxy) is 1. The molecule has 0 radical (unpaired) electrons. The Hall–Kier alpha value is -2.95. The van der Waals surface area contributed by atoms with Gasteiger partial charge in [0.25, 0.3) is 0 Å². The summed E-state index contributed by atoms with van der Waals surface area (Å²) in [6, 6.07) is 14.1. The standard InChI is InChI=1S/C22H23N3O2/c1-2-22(26)25-12-9-18(10-13-25)27-19-7-8-20(24-15-19)17-6-5-16-4-3-11-23-21(16)14-17/h3-8,11,14-15,18H,2,9-10,12-13H2,1H3. The van der Waals surface area contributed by atoms with Crippen LogP contribution in [-0.4, -0.2) is 40.0 Å². The number of piperidine rings is 1. The average molecular weight is 361 g/mol. The van der Waals surface area contributed by atoms with E-state index in [0.29, 0.717) is 6.42 Å². The lowest BCUT2D eigenvalue weighted by Crippen LogP contribution is -2.41. The molecule has 1 aliphatic heterocycles. The molecule has 1 fully saturated rings. The number of carbonyl (C=O) groups excluding carboxylic acids is 1. The number of hydrogen-bond acceptors (Lipinski definition) is 4. The fraction of sp³-hybridized carbons (Fsp3) is 0.318. The summed E-state index contributed by atoms with van der Waals surface area (Å²) in [6.45, 7) is 3.45. The molecule has 0 spiro atoms. The third-order valence-corrected chi connectivity index (χ3v) is 5.04. The van der Waals surface area contributed by atoms with Gasteiger partial charge in [-0.25, -0.2) is 0 Å². The molecule has 1 aliphatic rings. The van der Waals surface area contributed by atoms with Crippen molar-refractivity contribution >= 4 is 16.8 Å². The Morgan fingerprint density at radius 2 is 2.00 bits per heavy atom. The predicted molar refractivity (Wildman–Crippen MR) is 105 cm³/mol. The van der Waals surface area contributed by atoms with Gasteiger partial charge in [-0.1, -0.05) is 25.1 Å². The van der Waals surface area contributed by atoms with Crippen molar-refractivity contribution in [3.8, 4) is 17.0 Å². The molecule has 0 bridgehead atoms. The minimum absolute atomic E-state index is 0.142. The number of likely N-dealkylation sites (tertiary alicyclic amines) is 1. The summed E-state index contributed by atoms with van der Waals surface area (Å²) < 4.78 is 6.07. The Kier molecular flexibility index (Phi) is 5.01. The first kappa shape index (κ1) is 17.5. The van der Waals surface area contributed by atoms with Crippen LogP contribution in [0.5, 0.6) is 5.75 Å². The molecule has 5 heteroatoms. The van der Waals surface area contributed by atoms with Crippen LogP contribution in [-0.2, 0) is 4.79 Å². The molecule has 0 aliphatic carbocycles. The second-order valence-electron chi connectivity index (χ2n) is 6.84. The molecule has 1 aromatic carbocycles. The first-order valence-corrected chi connectivity index (χ1v) is 9.48. The van der Waals surface area contributed by atoms with E-state index in [1.54, 1.807) is 12.4 Å². The lowest BCUT2D eigenvalue weighted by Gasteiger charge is -2.32. The van der Waals surface area contributed by atoms with Crippen LogP contribution in [0.2, 0.25) is 0 Å². The van der Waals surface area contributed by atoms with E-state index in [1.165, 1.54) is 0 Å². The van der Waals surface area contributed by atoms with E-state index in [4.69, 9.17) is 4.74 Å². The second kappa shape index (κ2) is 7.74. The summed E-state index contributed by atoms with van der Waals surface area (Å²) in [5, 5.41) is 1.12. The summed E-state index contributed by atoms with van der Waals surface area (Å²) in [4.78, 5) is 22.6. The minimum Gasteiger partial charge on any atom is -0.489 e. The number of nitrogens with zero attached hydrogens (tertiary/aromatic N) is 3. The van der Waals surface area contributed by atoms with Crippen molar-refractivity contribution in [2.75, 3.05) is 13.1 Å². The topological polar surface area (TPSA) is 55.3 Å². The second-order valence-corrected chi connectivity index (χ2v) is 6.84. The van der Waals surface area contributed by atoms with Crippen molar-refractivity contribution in [1.29, 1.82) is 0 Å². The van der Waals surface area contributed by atoms with Gasteiger partial charge in [-0.15, -0.1) is 0 Å². The van der Waals surface area contributed by atoms with E-state index in [9.17, 15) is 4.79 Å². The summed E-state index contributed by atoms with van der Waals surface area (Å²) in [6.07, 6.45) is 6.02. The fourth-order valence-corrected chi connectivity index (χ4v) is 3.49. The molecule has 1 amide bonds. The molecular weight excluding hydrogens is 338 g/mol. The van der Waals surface area contributed by atoms with E-state index < -0.39 is 0 Å². The molecule has 3 heterocycles. The highest BCUT2D eigenvalue weighted by molar-refractivity contribution is 5.83. The van der Waals surface area contributed by atoms with Crippen LogP contribution in [0.25, 0.3) is 22.2 Å².